The van der Waals surface area contributed by atoms with Crippen molar-refractivity contribution in [2.24, 2.45) is 0 Å². The number of rotatable bonds is 8. The van der Waals surface area contributed by atoms with Crippen LogP contribution in [0.15, 0.2) is 53.7 Å². The molecule has 1 unspecified atom stereocenters. The predicted octanol–water partition coefficient (Wildman–Crippen LogP) is 5.11. The lowest BCUT2D eigenvalue weighted by Gasteiger charge is -2.25. The number of carbonyl (C=O) groups excluding carboxylic acids is 1. The molecule has 0 aliphatic rings. The van der Waals surface area contributed by atoms with Crippen molar-refractivity contribution in [3.05, 3.63) is 65.5 Å². The second-order valence-electron chi connectivity index (χ2n) is 7.35. The third kappa shape index (κ3) is 5.08. The maximum Gasteiger partial charge on any atom is 0.233 e. The maximum absolute atomic E-state index is 13.2. The van der Waals surface area contributed by atoms with Crippen LogP contribution in [-0.4, -0.2) is 38.4 Å². The maximum atomic E-state index is 13.2. The Balaban J connectivity index is 1.71. The van der Waals surface area contributed by atoms with Crippen LogP contribution in [-0.2, 0) is 11.3 Å². The van der Waals surface area contributed by atoms with E-state index in [1.807, 2.05) is 19.1 Å². The molecule has 0 saturated carbocycles. The average molecular weight is 427 g/mol. The summed E-state index contributed by atoms with van der Waals surface area (Å²) in [5.41, 5.74) is 3.09. The molecule has 0 N–H and O–H groups in total. The van der Waals surface area contributed by atoms with Crippen LogP contribution in [0, 0.1) is 12.7 Å². The summed E-state index contributed by atoms with van der Waals surface area (Å²) in [5.74, 6) is 0.788. The smallest absolute Gasteiger partial charge is 0.233 e. The molecule has 30 heavy (non-hydrogen) atoms. The van der Waals surface area contributed by atoms with Crippen molar-refractivity contribution >= 4 is 17.7 Å². The largest absolute Gasteiger partial charge is 0.338 e. The molecule has 3 rings (SSSR count). The lowest BCUT2D eigenvalue weighted by Crippen LogP contribution is -2.31. The number of amides is 1. The van der Waals surface area contributed by atoms with Gasteiger partial charge in [-0.3, -0.25) is 4.79 Å². The van der Waals surface area contributed by atoms with Crippen LogP contribution in [0.4, 0.5) is 4.39 Å². The Bertz CT molecular complexity index is 1000. The van der Waals surface area contributed by atoms with Crippen molar-refractivity contribution in [1.29, 1.82) is 0 Å². The molecular weight excluding hydrogens is 399 g/mol. The first-order valence-corrected chi connectivity index (χ1v) is 11.0. The van der Waals surface area contributed by atoms with Gasteiger partial charge in [0.05, 0.1) is 11.8 Å². The van der Waals surface area contributed by atoms with Crippen LogP contribution >= 0.6 is 11.8 Å². The van der Waals surface area contributed by atoms with Crippen LogP contribution in [0.3, 0.4) is 0 Å². The average Bonchev–Trinajstić information content (AvgIpc) is 3.14. The molecule has 0 aliphatic heterocycles. The summed E-state index contributed by atoms with van der Waals surface area (Å²) in [7, 11) is 1.77. The monoisotopic (exact) mass is 426 g/mol. The summed E-state index contributed by atoms with van der Waals surface area (Å²) in [5, 5.41) is 9.48. The summed E-state index contributed by atoms with van der Waals surface area (Å²) in [4.78, 5) is 14.4. The van der Waals surface area contributed by atoms with Gasteiger partial charge in [0.2, 0.25) is 5.91 Å². The van der Waals surface area contributed by atoms with Crippen molar-refractivity contribution in [1.82, 2.24) is 19.7 Å². The zero-order chi connectivity index (χ0) is 21.7. The number of aryl methyl sites for hydroxylation is 1. The second kappa shape index (κ2) is 9.89. The Morgan fingerprint density at radius 1 is 1.20 bits per heavy atom. The van der Waals surface area contributed by atoms with E-state index < -0.39 is 0 Å². The fraction of sp³-hybridized carbons (Fsp3) is 0.348. The van der Waals surface area contributed by atoms with Gasteiger partial charge in [-0.1, -0.05) is 54.6 Å². The molecule has 0 bridgehead atoms. The van der Waals surface area contributed by atoms with Gasteiger partial charge in [0.1, 0.15) is 5.82 Å². The minimum Gasteiger partial charge on any atom is -0.338 e. The van der Waals surface area contributed by atoms with Crippen molar-refractivity contribution in [3.8, 4) is 11.4 Å². The molecule has 1 heterocycles. The summed E-state index contributed by atoms with van der Waals surface area (Å²) in [6.07, 6.45) is 0.944. The molecule has 0 saturated heterocycles. The van der Waals surface area contributed by atoms with Gasteiger partial charge in [-0.25, -0.2) is 4.39 Å². The Kier molecular flexibility index (Phi) is 7.26. The van der Waals surface area contributed by atoms with Gasteiger partial charge in [0.25, 0.3) is 0 Å². The van der Waals surface area contributed by atoms with Gasteiger partial charge in [0, 0.05) is 19.2 Å². The van der Waals surface area contributed by atoms with Gasteiger partial charge >= 0.3 is 0 Å². The highest BCUT2D eigenvalue weighted by Crippen LogP contribution is 2.26. The second-order valence-corrected chi connectivity index (χ2v) is 8.29. The van der Waals surface area contributed by atoms with Crippen LogP contribution in [0.5, 0.6) is 0 Å². The van der Waals surface area contributed by atoms with Crippen LogP contribution in [0.25, 0.3) is 11.4 Å². The van der Waals surface area contributed by atoms with Crippen LogP contribution in [0.1, 0.15) is 37.4 Å². The lowest BCUT2D eigenvalue weighted by molar-refractivity contribution is -0.128. The SMILES string of the molecule is CCCn1c(SCC(=O)N(C)C(C)c2ccc(F)cc2)nnc1-c1cccc(C)c1. The molecule has 7 heteroatoms. The highest BCUT2D eigenvalue weighted by molar-refractivity contribution is 7.99. The van der Waals surface area contributed by atoms with Crippen LogP contribution < -0.4 is 0 Å². The Morgan fingerprint density at radius 2 is 1.93 bits per heavy atom. The molecule has 0 aliphatic carbocycles. The Labute approximate surface area is 181 Å². The normalized spacial score (nSPS) is 12.0. The number of hydrogen-bond donors (Lipinski definition) is 0. The molecule has 0 radical (unpaired) electrons. The zero-order valence-electron chi connectivity index (χ0n) is 17.8. The fourth-order valence-corrected chi connectivity index (χ4v) is 4.12. The van der Waals surface area contributed by atoms with E-state index in [1.54, 1.807) is 24.1 Å². The molecule has 1 amide bonds. The molecule has 5 nitrogen and oxygen atoms in total. The molecule has 1 aromatic heterocycles. The van der Waals surface area contributed by atoms with E-state index in [2.05, 4.69) is 40.7 Å². The molecule has 158 valence electrons. The van der Waals surface area contributed by atoms with E-state index in [0.29, 0.717) is 0 Å². The van der Waals surface area contributed by atoms with Crippen molar-refractivity contribution < 1.29 is 9.18 Å². The van der Waals surface area contributed by atoms with Crippen molar-refractivity contribution in [3.63, 3.8) is 0 Å². The minimum absolute atomic E-state index is 0.0139. The number of hydrogen-bond acceptors (Lipinski definition) is 4. The standard InChI is InChI=1S/C23H27FN4OS/c1-5-13-28-22(19-8-6-7-16(2)14-19)25-26-23(28)30-15-21(29)27(4)17(3)18-9-11-20(24)12-10-18/h6-12,14,17H,5,13,15H2,1-4H3. The number of benzene rings is 2. The fourth-order valence-electron chi connectivity index (χ4n) is 3.23. The topological polar surface area (TPSA) is 51.0 Å². The van der Waals surface area contributed by atoms with E-state index >= 15 is 0 Å². The minimum atomic E-state index is -0.282. The highest BCUT2D eigenvalue weighted by atomic mass is 32.2. The first-order chi connectivity index (χ1) is 14.4. The molecule has 2 aromatic carbocycles. The van der Waals surface area contributed by atoms with Gasteiger partial charge in [0.15, 0.2) is 11.0 Å². The Hall–Kier alpha value is -2.67. The molecule has 0 spiro atoms. The predicted molar refractivity (Wildman–Crippen MR) is 119 cm³/mol. The first kappa shape index (κ1) is 22.0. The number of aromatic nitrogens is 3. The number of nitrogens with zero attached hydrogens (tertiary/aromatic N) is 4. The number of thioether (sulfide) groups is 1. The van der Waals surface area contributed by atoms with E-state index in [4.69, 9.17) is 0 Å². The van der Waals surface area contributed by atoms with Gasteiger partial charge in [-0.05, 0) is 44.0 Å². The summed E-state index contributed by atoms with van der Waals surface area (Å²) in [6.45, 7) is 6.88. The highest BCUT2D eigenvalue weighted by Gasteiger charge is 2.20. The van der Waals surface area contributed by atoms with Crippen molar-refractivity contribution in [2.75, 3.05) is 12.8 Å². The van der Waals surface area contributed by atoms with Gasteiger partial charge < -0.3 is 9.47 Å². The third-order valence-electron chi connectivity index (χ3n) is 5.09. The Morgan fingerprint density at radius 3 is 2.60 bits per heavy atom. The summed E-state index contributed by atoms with van der Waals surface area (Å²) < 4.78 is 15.2. The first-order valence-electron chi connectivity index (χ1n) is 10.0. The number of carbonyl (C=O) groups is 1. The molecule has 3 aromatic rings. The van der Waals surface area contributed by atoms with Gasteiger partial charge in [-0.2, -0.15) is 0 Å². The van der Waals surface area contributed by atoms with Crippen molar-refractivity contribution in [2.45, 2.75) is 44.9 Å². The van der Waals surface area contributed by atoms with Gasteiger partial charge in [-0.15, -0.1) is 10.2 Å². The lowest BCUT2D eigenvalue weighted by atomic mass is 10.1. The van der Waals surface area contributed by atoms with E-state index in [1.165, 1.54) is 29.5 Å². The van der Waals surface area contributed by atoms with Crippen LogP contribution in [0.2, 0.25) is 0 Å². The zero-order valence-corrected chi connectivity index (χ0v) is 18.6. The molecular formula is C23H27FN4OS. The summed E-state index contributed by atoms with van der Waals surface area (Å²) >= 11 is 1.40. The molecule has 1 atom stereocenters. The van der Waals surface area contributed by atoms with E-state index in [9.17, 15) is 9.18 Å². The quantitative estimate of drug-likeness (QED) is 0.470. The summed E-state index contributed by atoms with van der Waals surface area (Å²) in [6, 6.07) is 14.3. The van der Waals surface area contributed by atoms with E-state index in [-0.39, 0.29) is 23.5 Å². The third-order valence-corrected chi connectivity index (χ3v) is 6.04. The molecule has 0 fully saturated rings. The van der Waals surface area contributed by atoms with E-state index in [0.717, 1.165) is 35.1 Å². The number of halogens is 1.